The first-order valence-corrected chi connectivity index (χ1v) is 10.4. The lowest BCUT2D eigenvalue weighted by Crippen LogP contribution is -2.33. The molecule has 0 unspecified atom stereocenters. The van der Waals surface area contributed by atoms with Crippen LogP contribution in [0.3, 0.4) is 0 Å². The molecule has 0 saturated heterocycles. The van der Waals surface area contributed by atoms with Crippen LogP contribution in [0.2, 0.25) is 0 Å². The predicted molar refractivity (Wildman–Crippen MR) is 101 cm³/mol. The molecule has 0 aliphatic rings. The van der Waals surface area contributed by atoms with Gasteiger partial charge in [0.2, 0.25) is 0 Å². The SMILES string of the molecule is CCCCCCCCCCCCCCCCNNCCCC. The van der Waals surface area contributed by atoms with E-state index in [1.807, 2.05) is 0 Å². The molecule has 2 heteroatoms. The summed E-state index contributed by atoms with van der Waals surface area (Å²) in [6.45, 7) is 6.76. The second-order valence-corrected chi connectivity index (χ2v) is 6.80. The van der Waals surface area contributed by atoms with Crippen molar-refractivity contribution in [3.63, 3.8) is 0 Å². The van der Waals surface area contributed by atoms with Gasteiger partial charge in [-0.25, -0.2) is 0 Å². The fourth-order valence-corrected chi connectivity index (χ4v) is 2.85. The highest BCUT2D eigenvalue weighted by molar-refractivity contribution is 4.50. The molecule has 2 N–H and O–H groups in total. The van der Waals surface area contributed by atoms with Gasteiger partial charge < -0.3 is 0 Å². The van der Waals surface area contributed by atoms with Gasteiger partial charge in [0.25, 0.3) is 0 Å². The summed E-state index contributed by atoms with van der Waals surface area (Å²) in [4.78, 5) is 0. The van der Waals surface area contributed by atoms with Gasteiger partial charge in [0, 0.05) is 13.1 Å². The van der Waals surface area contributed by atoms with Crippen molar-refractivity contribution in [3.8, 4) is 0 Å². The minimum atomic E-state index is 1.11. The van der Waals surface area contributed by atoms with E-state index in [9.17, 15) is 0 Å². The fourth-order valence-electron chi connectivity index (χ4n) is 2.85. The third-order valence-corrected chi connectivity index (χ3v) is 4.44. The van der Waals surface area contributed by atoms with E-state index in [1.165, 1.54) is 103 Å². The quantitative estimate of drug-likeness (QED) is 0.214. The standard InChI is InChI=1S/C20H44N2/c1-3-5-7-8-9-10-11-12-13-14-15-16-17-18-20-22-21-19-6-4-2/h21-22H,3-20H2,1-2H3. The molecule has 0 bridgehead atoms. The van der Waals surface area contributed by atoms with Gasteiger partial charge in [-0.3, -0.25) is 10.9 Å². The Morgan fingerprint density at radius 1 is 0.364 bits per heavy atom. The number of nitrogens with one attached hydrogen (secondary N) is 2. The molecule has 0 amide bonds. The number of hydrazine groups is 1. The van der Waals surface area contributed by atoms with E-state index < -0.39 is 0 Å². The van der Waals surface area contributed by atoms with Crippen molar-refractivity contribution in [2.24, 2.45) is 0 Å². The highest BCUT2D eigenvalue weighted by Gasteiger charge is 1.94. The molecule has 134 valence electrons. The first-order chi connectivity index (χ1) is 10.9. The maximum absolute atomic E-state index is 3.31. The van der Waals surface area contributed by atoms with Gasteiger partial charge in [-0.15, -0.1) is 0 Å². The van der Waals surface area contributed by atoms with E-state index in [-0.39, 0.29) is 0 Å². The normalized spacial score (nSPS) is 11.2. The topological polar surface area (TPSA) is 24.1 Å². The number of rotatable bonds is 19. The minimum absolute atomic E-state index is 1.11. The average molecular weight is 313 g/mol. The van der Waals surface area contributed by atoms with E-state index >= 15 is 0 Å². The van der Waals surface area contributed by atoms with Gasteiger partial charge in [0.05, 0.1) is 0 Å². The van der Waals surface area contributed by atoms with Crippen molar-refractivity contribution < 1.29 is 0 Å². The Hall–Kier alpha value is -0.0800. The Morgan fingerprint density at radius 3 is 1.09 bits per heavy atom. The van der Waals surface area contributed by atoms with Gasteiger partial charge in [0.1, 0.15) is 0 Å². The van der Waals surface area contributed by atoms with E-state index in [0.29, 0.717) is 0 Å². The molecule has 0 aliphatic carbocycles. The third-order valence-electron chi connectivity index (χ3n) is 4.44. The second kappa shape index (κ2) is 20.9. The van der Waals surface area contributed by atoms with Crippen LogP contribution in [0.4, 0.5) is 0 Å². The lowest BCUT2D eigenvalue weighted by Gasteiger charge is -2.06. The van der Waals surface area contributed by atoms with Crippen LogP contribution in [-0.2, 0) is 0 Å². The highest BCUT2D eigenvalue weighted by Crippen LogP contribution is 2.12. The first kappa shape index (κ1) is 21.9. The van der Waals surface area contributed by atoms with Crippen molar-refractivity contribution in [1.82, 2.24) is 10.9 Å². The molecule has 0 aromatic rings. The maximum atomic E-state index is 3.31. The predicted octanol–water partition coefficient (Wildman–Crippen LogP) is 6.36. The van der Waals surface area contributed by atoms with Gasteiger partial charge in [-0.2, -0.15) is 0 Å². The molecule has 0 radical (unpaired) electrons. The Kier molecular flexibility index (Phi) is 20.8. The average Bonchev–Trinajstić information content (AvgIpc) is 2.54. The Labute approximate surface area is 141 Å². The van der Waals surface area contributed by atoms with E-state index in [2.05, 4.69) is 24.7 Å². The largest absolute Gasteiger partial charge is 0.258 e. The summed E-state index contributed by atoms with van der Waals surface area (Å²) in [5.41, 5.74) is 6.60. The molecule has 0 aromatic carbocycles. The van der Waals surface area contributed by atoms with Crippen LogP contribution in [0.5, 0.6) is 0 Å². The van der Waals surface area contributed by atoms with Gasteiger partial charge >= 0.3 is 0 Å². The molecule has 0 aromatic heterocycles. The zero-order chi connectivity index (χ0) is 16.1. The Morgan fingerprint density at radius 2 is 0.682 bits per heavy atom. The van der Waals surface area contributed by atoms with E-state index in [0.717, 1.165) is 13.1 Å². The summed E-state index contributed by atoms with van der Waals surface area (Å²) in [6.07, 6.45) is 22.6. The van der Waals surface area contributed by atoms with Crippen LogP contribution in [-0.4, -0.2) is 13.1 Å². The molecule has 0 fully saturated rings. The zero-order valence-electron chi connectivity index (χ0n) is 15.7. The monoisotopic (exact) mass is 312 g/mol. The van der Waals surface area contributed by atoms with Crippen LogP contribution in [0, 0.1) is 0 Å². The summed E-state index contributed by atoms with van der Waals surface area (Å²) in [7, 11) is 0. The molecule has 0 heterocycles. The molecule has 22 heavy (non-hydrogen) atoms. The van der Waals surface area contributed by atoms with Gasteiger partial charge in [-0.1, -0.05) is 104 Å². The van der Waals surface area contributed by atoms with Crippen molar-refractivity contribution >= 4 is 0 Å². The summed E-state index contributed by atoms with van der Waals surface area (Å²) >= 11 is 0. The van der Waals surface area contributed by atoms with Crippen molar-refractivity contribution in [2.75, 3.05) is 13.1 Å². The third kappa shape index (κ3) is 19.9. The zero-order valence-corrected chi connectivity index (χ0v) is 15.7. The molecule has 0 rings (SSSR count). The van der Waals surface area contributed by atoms with Crippen molar-refractivity contribution in [1.29, 1.82) is 0 Å². The van der Waals surface area contributed by atoms with E-state index in [1.54, 1.807) is 0 Å². The Balaban J connectivity index is 2.91. The van der Waals surface area contributed by atoms with Gasteiger partial charge in [0.15, 0.2) is 0 Å². The molecular formula is C20H44N2. The molecule has 2 nitrogen and oxygen atoms in total. The summed E-state index contributed by atoms with van der Waals surface area (Å²) < 4.78 is 0. The maximum Gasteiger partial charge on any atom is 0.00997 e. The smallest absolute Gasteiger partial charge is 0.00997 e. The van der Waals surface area contributed by atoms with Crippen LogP contribution in [0.1, 0.15) is 117 Å². The molecule has 0 aliphatic heterocycles. The van der Waals surface area contributed by atoms with Crippen molar-refractivity contribution in [3.05, 3.63) is 0 Å². The molecule has 0 saturated carbocycles. The lowest BCUT2D eigenvalue weighted by molar-refractivity contribution is 0.487. The number of unbranched alkanes of at least 4 members (excludes halogenated alkanes) is 14. The summed E-state index contributed by atoms with van der Waals surface area (Å²) in [5, 5.41) is 0. The van der Waals surface area contributed by atoms with Crippen LogP contribution >= 0.6 is 0 Å². The van der Waals surface area contributed by atoms with Crippen LogP contribution < -0.4 is 10.9 Å². The molecule has 0 spiro atoms. The molecular weight excluding hydrogens is 268 g/mol. The van der Waals surface area contributed by atoms with Gasteiger partial charge in [-0.05, 0) is 12.8 Å². The summed E-state index contributed by atoms with van der Waals surface area (Å²) in [6, 6.07) is 0. The van der Waals surface area contributed by atoms with Crippen LogP contribution in [0.15, 0.2) is 0 Å². The number of hydrogen-bond donors (Lipinski definition) is 2. The highest BCUT2D eigenvalue weighted by atomic mass is 15.3. The molecule has 0 atom stereocenters. The van der Waals surface area contributed by atoms with Crippen molar-refractivity contribution in [2.45, 2.75) is 117 Å². The number of hydrogen-bond acceptors (Lipinski definition) is 2. The second-order valence-electron chi connectivity index (χ2n) is 6.80. The van der Waals surface area contributed by atoms with E-state index in [4.69, 9.17) is 0 Å². The summed E-state index contributed by atoms with van der Waals surface area (Å²) in [5.74, 6) is 0. The fraction of sp³-hybridized carbons (Fsp3) is 1.00. The Bertz CT molecular complexity index is 163. The lowest BCUT2D eigenvalue weighted by atomic mass is 10.0. The van der Waals surface area contributed by atoms with Crippen LogP contribution in [0.25, 0.3) is 0 Å². The first-order valence-electron chi connectivity index (χ1n) is 10.4. The minimum Gasteiger partial charge on any atom is -0.258 e.